The third kappa shape index (κ3) is 3.53. The number of hydrogen-bond acceptors (Lipinski definition) is 5. The lowest BCUT2D eigenvalue weighted by molar-refractivity contribution is 0.0510. The lowest BCUT2D eigenvalue weighted by Gasteiger charge is -2.22. The first-order chi connectivity index (χ1) is 11.7. The number of aromatic nitrogens is 4. The van der Waals surface area contributed by atoms with E-state index in [4.69, 9.17) is 4.74 Å². The van der Waals surface area contributed by atoms with Crippen LogP contribution in [0.3, 0.4) is 0 Å². The molecule has 4 heterocycles. The van der Waals surface area contributed by atoms with E-state index in [0.717, 1.165) is 45.9 Å². The van der Waals surface area contributed by atoms with Gasteiger partial charge in [-0.1, -0.05) is 0 Å². The van der Waals surface area contributed by atoms with E-state index >= 15 is 0 Å². The second-order valence-electron chi connectivity index (χ2n) is 7.14. The van der Waals surface area contributed by atoms with Gasteiger partial charge >= 0.3 is 0 Å². The van der Waals surface area contributed by atoms with Crippen molar-refractivity contribution in [3.05, 3.63) is 35.9 Å². The monoisotopic (exact) mass is 330 g/mol. The zero-order valence-corrected chi connectivity index (χ0v) is 14.5. The van der Waals surface area contributed by atoms with E-state index in [-0.39, 0.29) is 0 Å². The van der Waals surface area contributed by atoms with Crippen LogP contribution >= 0.6 is 0 Å². The van der Waals surface area contributed by atoms with Gasteiger partial charge in [-0.15, -0.1) is 0 Å². The van der Waals surface area contributed by atoms with E-state index in [2.05, 4.69) is 32.4 Å². The van der Waals surface area contributed by atoms with Crippen LogP contribution < -0.4 is 0 Å². The Morgan fingerprint density at radius 2 is 1.58 bits per heavy atom. The fraction of sp³-hybridized carbons (Fsp3) is 0.647. The largest absolute Gasteiger partial charge is 0.375 e. The molecule has 7 nitrogen and oxygen atoms in total. The summed E-state index contributed by atoms with van der Waals surface area (Å²) in [5.74, 6) is 0.584. The highest BCUT2D eigenvalue weighted by atomic mass is 16.5. The van der Waals surface area contributed by atoms with Gasteiger partial charge in [0.25, 0.3) is 0 Å². The van der Waals surface area contributed by atoms with Crippen LogP contribution in [0.2, 0.25) is 0 Å². The van der Waals surface area contributed by atoms with Crippen LogP contribution in [-0.2, 0) is 31.9 Å². The standard InChI is InChI=1S/C17H26N6O/c1-20-7-14(5-18-20)9-22-3-4-24-17-13-23(12-16(17)11-22)10-15-6-19-21(2)8-15/h5-8,16-17H,3-4,9-13H2,1-2H3/t16-,17+/m0/s1. The summed E-state index contributed by atoms with van der Waals surface area (Å²) in [5.41, 5.74) is 2.56. The maximum Gasteiger partial charge on any atom is 0.0755 e. The van der Waals surface area contributed by atoms with E-state index in [1.54, 1.807) is 0 Å². The van der Waals surface area contributed by atoms with E-state index in [1.165, 1.54) is 11.1 Å². The number of rotatable bonds is 4. The molecule has 0 amide bonds. The SMILES string of the molecule is Cn1cc(CN2CCO[C@@H]3CN(Cc4cnn(C)c4)C[C@@H]3C2)cn1. The van der Waals surface area contributed by atoms with Crippen LogP contribution in [0, 0.1) is 5.92 Å². The van der Waals surface area contributed by atoms with Gasteiger partial charge in [-0.25, -0.2) is 0 Å². The Balaban J connectivity index is 1.36. The lowest BCUT2D eigenvalue weighted by Crippen LogP contribution is -2.32. The highest BCUT2D eigenvalue weighted by Gasteiger charge is 2.36. The average Bonchev–Trinajstić information content (AvgIpc) is 3.20. The van der Waals surface area contributed by atoms with Crippen molar-refractivity contribution in [1.29, 1.82) is 0 Å². The van der Waals surface area contributed by atoms with Crippen molar-refractivity contribution in [2.75, 3.05) is 32.8 Å². The fourth-order valence-electron chi connectivity index (χ4n) is 3.94. The molecule has 2 atom stereocenters. The zero-order chi connectivity index (χ0) is 16.5. The number of ether oxygens (including phenoxy) is 1. The molecule has 0 saturated carbocycles. The average molecular weight is 330 g/mol. The van der Waals surface area contributed by atoms with Crippen molar-refractivity contribution in [3.63, 3.8) is 0 Å². The number of hydrogen-bond donors (Lipinski definition) is 0. The molecule has 0 aliphatic carbocycles. The summed E-state index contributed by atoms with van der Waals surface area (Å²) in [4.78, 5) is 5.01. The Kier molecular flexibility index (Phi) is 4.39. The third-order valence-electron chi connectivity index (χ3n) is 5.02. The van der Waals surface area contributed by atoms with E-state index in [9.17, 15) is 0 Å². The van der Waals surface area contributed by atoms with Gasteiger partial charge in [0, 0.05) is 82.8 Å². The minimum Gasteiger partial charge on any atom is -0.375 e. The van der Waals surface area contributed by atoms with Crippen LogP contribution in [-0.4, -0.2) is 68.3 Å². The van der Waals surface area contributed by atoms with Crippen LogP contribution in [0.5, 0.6) is 0 Å². The van der Waals surface area contributed by atoms with Crippen LogP contribution in [0.25, 0.3) is 0 Å². The molecule has 2 saturated heterocycles. The van der Waals surface area contributed by atoms with E-state index in [1.807, 2.05) is 35.9 Å². The van der Waals surface area contributed by atoms with Crippen molar-refractivity contribution < 1.29 is 4.74 Å². The minimum atomic E-state index is 0.362. The van der Waals surface area contributed by atoms with Gasteiger partial charge in [0.1, 0.15) is 0 Å². The molecule has 2 aromatic rings. The molecule has 0 N–H and O–H groups in total. The molecule has 2 aliphatic heterocycles. The van der Waals surface area contributed by atoms with Gasteiger partial charge in [0.15, 0.2) is 0 Å². The predicted octanol–water partition coefficient (Wildman–Crippen LogP) is 0.486. The second kappa shape index (κ2) is 6.66. The fourth-order valence-corrected chi connectivity index (χ4v) is 3.94. The molecule has 130 valence electrons. The minimum absolute atomic E-state index is 0.362. The van der Waals surface area contributed by atoms with Gasteiger partial charge in [-0.2, -0.15) is 10.2 Å². The summed E-state index contributed by atoms with van der Waals surface area (Å²) in [7, 11) is 3.94. The Bertz CT molecular complexity index is 680. The van der Waals surface area contributed by atoms with Crippen molar-refractivity contribution in [3.8, 4) is 0 Å². The molecule has 7 heteroatoms. The molecular weight excluding hydrogens is 304 g/mol. The number of aryl methyl sites for hydroxylation is 2. The molecule has 0 bridgehead atoms. The van der Waals surface area contributed by atoms with E-state index in [0.29, 0.717) is 12.0 Å². The van der Waals surface area contributed by atoms with Crippen molar-refractivity contribution in [2.45, 2.75) is 19.2 Å². The number of fused-ring (bicyclic) bond motifs is 1. The summed E-state index contributed by atoms with van der Waals surface area (Å²) in [6.45, 7) is 6.98. The Morgan fingerprint density at radius 1 is 0.958 bits per heavy atom. The quantitative estimate of drug-likeness (QED) is 0.816. The topological polar surface area (TPSA) is 51.4 Å². The summed E-state index contributed by atoms with van der Waals surface area (Å²) >= 11 is 0. The molecular formula is C17H26N6O. The molecule has 0 unspecified atom stereocenters. The first-order valence-electron chi connectivity index (χ1n) is 8.67. The van der Waals surface area contributed by atoms with Gasteiger partial charge in [0.05, 0.1) is 25.1 Å². The van der Waals surface area contributed by atoms with Gasteiger partial charge < -0.3 is 4.74 Å². The van der Waals surface area contributed by atoms with Crippen molar-refractivity contribution in [2.24, 2.45) is 20.0 Å². The summed E-state index contributed by atoms with van der Waals surface area (Å²) in [5, 5.41) is 8.54. The summed E-state index contributed by atoms with van der Waals surface area (Å²) < 4.78 is 9.89. The highest BCUT2D eigenvalue weighted by Crippen LogP contribution is 2.25. The third-order valence-corrected chi connectivity index (χ3v) is 5.02. The maximum absolute atomic E-state index is 6.15. The van der Waals surface area contributed by atoms with E-state index < -0.39 is 0 Å². The summed E-state index contributed by atoms with van der Waals surface area (Å²) in [6, 6.07) is 0. The summed E-state index contributed by atoms with van der Waals surface area (Å²) in [6.07, 6.45) is 8.49. The Hall–Kier alpha value is -1.70. The van der Waals surface area contributed by atoms with Crippen LogP contribution in [0.4, 0.5) is 0 Å². The van der Waals surface area contributed by atoms with Crippen LogP contribution in [0.1, 0.15) is 11.1 Å². The van der Waals surface area contributed by atoms with Crippen LogP contribution in [0.15, 0.2) is 24.8 Å². The molecule has 2 aliphatic rings. The van der Waals surface area contributed by atoms with Gasteiger partial charge in [-0.05, 0) is 0 Å². The highest BCUT2D eigenvalue weighted by molar-refractivity contribution is 5.06. The second-order valence-corrected chi connectivity index (χ2v) is 7.14. The first kappa shape index (κ1) is 15.8. The smallest absolute Gasteiger partial charge is 0.0755 e. The zero-order valence-electron chi connectivity index (χ0n) is 14.5. The molecule has 0 radical (unpaired) electrons. The normalized spacial score (nSPS) is 25.8. The van der Waals surface area contributed by atoms with Crippen molar-refractivity contribution >= 4 is 0 Å². The van der Waals surface area contributed by atoms with Crippen molar-refractivity contribution in [1.82, 2.24) is 29.4 Å². The Morgan fingerprint density at radius 3 is 2.21 bits per heavy atom. The first-order valence-corrected chi connectivity index (χ1v) is 8.67. The molecule has 24 heavy (non-hydrogen) atoms. The predicted molar refractivity (Wildman–Crippen MR) is 90.2 cm³/mol. The molecule has 0 aromatic carbocycles. The number of likely N-dealkylation sites (tertiary alicyclic amines) is 1. The molecule has 0 spiro atoms. The molecule has 2 aromatic heterocycles. The molecule has 4 rings (SSSR count). The van der Waals surface area contributed by atoms with Gasteiger partial charge in [0.2, 0.25) is 0 Å². The Labute approximate surface area is 142 Å². The molecule has 2 fully saturated rings. The van der Waals surface area contributed by atoms with Gasteiger partial charge in [-0.3, -0.25) is 19.2 Å². The lowest BCUT2D eigenvalue weighted by atomic mass is 10.1. The number of nitrogens with zero attached hydrogens (tertiary/aromatic N) is 6. The maximum atomic E-state index is 6.15.